The molecule has 0 aromatic heterocycles. The number of anilines is 1. The first-order chi connectivity index (χ1) is 21.3. The lowest BCUT2D eigenvalue weighted by Crippen LogP contribution is -2.41. The molecule has 8 heteroatoms. The highest BCUT2D eigenvalue weighted by molar-refractivity contribution is 6.21. The molecule has 0 atom stereocenters. The Labute approximate surface area is 260 Å². The molecular weight excluding hydrogens is 552 g/mol. The van der Waals surface area contributed by atoms with Crippen LogP contribution in [0.1, 0.15) is 46.4 Å². The molecule has 1 fully saturated rings. The number of imide groups is 1. The predicted molar refractivity (Wildman–Crippen MR) is 172 cm³/mol. The first-order valence-electron chi connectivity index (χ1n) is 15.4. The summed E-state index contributed by atoms with van der Waals surface area (Å²) in [4.78, 5) is 41.5. The van der Waals surface area contributed by atoms with Gasteiger partial charge in [-0.2, -0.15) is 0 Å². The minimum atomic E-state index is -0.421. The number of nitrogens with one attached hydrogen (secondary N) is 1. The topological polar surface area (TPSA) is 79.0 Å². The first kappa shape index (κ1) is 31.0. The second-order valence-corrected chi connectivity index (χ2v) is 12.1. The molecule has 1 saturated heterocycles. The molecule has 44 heavy (non-hydrogen) atoms. The van der Waals surface area contributed by atoms with Crippen LogP contribution in [0.5, 0.6) is 0 Å². The van der Waals surface area contributed by atoms with Crippen LogP contribution in [0.2, 0.25) is 0 Å². The number of hydrogen-bond donors (Lipinski definition) is 1. The number of unbranched alkanes of at least 4 members (excludes halogenated alkanes) is 1. The molecule has 228 valence electrons. The van der Waals surface area contributed by atoms with E-state index in [4.69, 9.17) is 4.74 Å². The van der Waals surface area contributed by atoms with Gasteiger partial charge in [-0.05, 0) is 55.4 Å². The van der Waals surface area contributed by atoms with Crippen molar-refractivity contribution in [2.24, 2.45) is 0 Å². The lowest BCUT2D eigenvalue weighted by Gasteiger charge is -2.30. The van der Waals surface area contributed by atoms with Crippen molar-refractivity contribution >= 4 is 23.6 Å². The molecule has 5 rings (SSSR count). The number of fused-ring (bicyclic) bond motifs is 1. The van der Waals surface area contributed by atoms with Crippen LogP contribution in [0.3, 0.4) is 0 Å². The lowest BCUT2D eigenvalue weighted by atomic mass is 10.0. The van der Waals surface area contributed by atoms with Crippen molar-refractivity contribution in [3.63, 3.8) is 0 Å². The largest absolute Gasteiger partial charge is 0.446 e. The number of rotatable bonds is 10. The molecule has 2 aliphatic heterocycles. The zero-order chi connectivity index (χ0) is 30.9. The van der Waals surface area contributed by atoms with E-state index < -0.39 is 6.09 Å². The molecule has 3 aromatic carbocycles. The highest BCUT2D eigenvalue weighted by atomic mass is 16.6. The molecule has 8 nitrogen and oxygen atoms in total. The van der Waals surface area contributed by atoms with Crippen LogP contribution in [-0.4, -0.2) is 91.7 Å². The van der Waals surface area contributed by atoms with Gasteiger partial charge in [0.05, 0.1) is 44.0 Å². The van der Waals surface area contributed by atoms with Gasteiger partial charge < -0.3 is 9.22 Å². The van der Waals surface area contributed by atoms with Gasteiger partial charge in [0.1, 0.15) is 12.6 Å². The first-order valence-corrected chi connectivity index (χ1v) is 15.4. The molecular formula is C36H41N4O4+. The third kappa shape index (κ3) is 7.93. The van der Waals surface area contributed by atoms with Gasteiger partial charge in [0.2, 0.25) is 0 Å². The third-order valence-electron chi connectivity index (χ3n) is 8.26. The van der Waals surface area contributed by atoms with Gasteiger partial charge in [0.15, 0.2) is 0 Å². The maximum absolute atomic E-state index is 12.7. The molecule has 0 bridgehead atoms. The summed E-state index contributed by atoms with van der Waals surface area (Å²) in [7, 11) is 4.31. The zero-order valence-corrected chi connectivity index (χ0v) is 25.6. The van der Waals surface area contributed by atoms with Crippen LogP contribution >= 0.6 is 0 Å². The fraction of sp³-hybridized carbons (Fsp3) is 0.361. The Morgan fingerprint density at radius 1 is 0.841 bits per heavy atom. The number of carbonyl (C=O) groups is 3. The molecule has 2 heterocycles. The fourth-order valence-corrected chi connectivity index (χ4v) is 5.71. The Balaban J connectivity index is 0.979. The molecule has 0 unspecified atom stereocenters. The number of hydrogen-bond acceptors (Lipinski definition) is 5. The van der Waals surface area contributed by atoms with E-state index >= 15 is 0 Å². The predicted octanol–water partition coefficient (Wildman–Crippen LogP) is 5.52. The van der Waals surface area contributed by atoms with Crippen molar-refractivity contribution in [2.75, 3.05) is 58.7 Å². The van der Waals surface area contributed by atoms with E-state index in [1.807, 2.05) is 54.6 Å². The van der Waals surface area contributed by atoms with E-state index in [2.05, 4.69) is 36.2 Å². The van der Waals surface area contributed by atoms with Crippen LogP contribution in [0, 0.1) is 11.8 Å². The van der Waals surface area contributed by atoms with E-state index in [1.54, 1.807) is 24.3 Å². The summed E-state index contributed by atoms with van der Waals surface area (Å²) >= 11 is 0. The number of quaternary nitrogens is 1. The Bertz CT molecular complexity index is 1500. The van der Waals surface area contributed by atoms with Gasteiger partial charge in [0.25, 0.3) is 11.8 Å². The molecule has 1 N–H and O–H groups in total. The minimum Gasteiger partial charge on any atom is -0.446 e. The van der Waals surface area contributed by atoms with Crippen LogP contribution in [0.15, 0.2) is 78.9 Å². The quantitative estimate of drug-likeness (QED) is 0.145. The SMILES string of the molecule is C[N+](C)(CC#CCN1CCC(OC(=O)Nc2ccccc2-c2ccccc2)CC1)CCCCN1C(=O)c2ccccc2C1=O. The number of carbonyl (C=O) groups excluding carboxylic acids is 3. The van der Waals surface area contributed by atoms with Crippen molar-refractivity contribution in [2.45, 2.75) is 31.8 Å². The second-order valence-electron chi connectivity index (χ2n) is 12.1. The normalized spacial score (nSPS) is 15.5. The van der Waals surface area contributed by atoms with Crippen LogP contribution in [0.25, 0.3) is 11.1 Å². The highest BCUT2D eigenvalue weighted by Gasteiger charge is 2.34. The van der Waals surface area contributed by atoms with Crippen LogP contribution in [-0.2, 0) is 4.74 Å². The zero-order valence-electron chi connectivity index (χ0n) is 25.6. The molecule has 0 aliphatic carbocycles. The average Bonchev–Trinajstić information content (AvgIpc) is 3.27. The molecule has 0 saturated carbocycles. The number of amides is 3. The van der Waals surface area contributed by atoms with Gasteiger partial charge in [-0.1, -0.05) is 66.6 Å². The number of nitrogens with zero attached hydrogens (tertiary/aromatic N) is 3. The Hall–Kier alpha value is -4.45. The summed E-state index contributed by atoms with van der Waals surface area (Å²) in [5.74, 6) is 6.29. The minimum absolute atomic E-state index is 0.112. The number of ether oxygens (including phenoxy) is 1. The summed E-state index contributed by atoms with van der Waals surface area (Å²) in [6.45, 7) is 4.46. The maximum atomic E-state index is 12.7. The Morgan fingerprint density at radius 2 is 1.45 bits per heavy atom. The summed E-state index contributed by atoms with van der Waals surface area (Å²) < 4.78 is 6.51. The maximum Gasteiger partial charge on any atom is 0.411 e. The van der Waals surface area contributed by atoms with Crippen LogP contribution in [0.4, 0.5) is 10.5 Å². The van der Waals surface area contributed by atoms with E-state index in [1.165, 1.54) is 4.90 Å². The second kappa shape index (κ2) is 14.3. The standard InChI is InChI=1S/C36H40N4O4/c1-40(2,27-13-11-23-39-34(41)31-17-6-7-18-32(31)35(39)42)26-12-10-22-38-24-20-29(21-25-38)44-36(43)37-33-19-9-8-16-30(33)28-14-4-3-5-15-28/h3-9,14-19,29H,11,13,20-27H2,1-2H3/p+1. The van der Waals surface area contributed by atoms with Crippen LogP contribution < -0.4 is 5.32 Å². The summed E-state index contributed by atoms with van der Waals surface area (Å²) in [5.41, 5.74) is 3.75. The van der Waals surface area contributed by atoms with Crippen molar-refractivity contribution in [3.8, 4) is 23.0 Å². The highest BCUT2D eigenvalue weighted by Crippen LogP contribution is 2.28. The summed E-state index contributed by atoms with van der Waals surface area (Å²) in [6.07, 6.45) is 2.71. The summed E-state index contributed by atoms with van der Waals surface area (Å²) in [6, 6.07) is 24.8. The Kier molecular flexibility index (Phi) is 10.1. The summed E-state index contributed by atoms with van der Waals surface area (Å²) in [5, 5.41) is 2.93. The lowest BCUT2D eigenvalue weighted by molar-refractivity contribution is -0.883. The van der Waals surface area contributed by atoms with Gasteiger partial charge in [0, 0.05) is 25.2 Å². The number of benzene rings is 3. The van der Waals surface area contributed by atoms with Crippen molar-refractivity contribution in [1.29, 1.82) is 0 Å². The van der Waals surface area contributed by atoms with E-state index in [-0.39, 0.29) is 17.9 Å². The third-order valence-corrected chi connectivity index (χ3v) is 8.26. The van der Waals surface area contributed by atoms with Gasteiger partial charge >= 0.3 is 6.09 Å². The number of piperidine rings is 1. The number of likely N-dealkylation sites (tertiary alicyclic amines) is 1. The Morgan fingerprint density at radius 3 is 2.14 bits per heavy atom. The monoisotopic (exact) mass is 593 g/mol. The smallest absolute Gasteiger partial charge is 0.411 e. The molecule has 3 aromatic rings. The molecule has 3 amide bonds. The van der Waals surface area contributed by atoms with E-state index in [9.17, 15) is 14.4 Å². The van der Waals surface area contributed by atoms with E-state index in [0.717, 1.165) is 73.2 Å². The van der Waals surface area contributed by atoms with Crippen molar-refractivity contribution < 1.29 is 23.6 Å². The van der Waals surface area contributed by atoms with Crippen molar-refractivity contribution in [3.05, 3.63) is 90.0 Å². The molecule has 2 aliphatic rings. The fourth-order valence-electron chi connectivity index (χ4n) is 5.71. The molecule has 0 radical (unpaired) electrons. The van der Waals surface area contributed by atoms with Gasteiger partial charge in [-0.3, -0.25) is 24.7 Å². The van der Waals surface area contributed by atoms with Gasteiger partial charge in [-0.25, -0.2) is 4.79 Å². The number of para-hydroxylation sites is 1. The van der Waals surface area contributed by atoms with E-state index in [0.29, 0.717) is 24.2 Å². The molecule has 0 spiro atoms. The average molecular weight is 594 g/mol. The van der Waals surface area contributed by atoms with Gasteiger partial charge in [-0.15, -0.1) is 0 Å². The van der Waals surface area contributed by atoms with Crippen molar-refractivity contribution in [1.82, 2.24) is 9.80 Å².